The number of hydrogen-bond acceptors (Lipinski definition) is 3. The molecular formula is C14H19N3O. The van der Waals surface area contributed by atoms with Crippen molar-refractivity contribution in [3.63, 3.8) is 0 Å². The van der Waals surface area contributed by atoms with Crippen LogP contribution < -0.4 is 5.32 Å². The van der Waals surface area contributed by atoms with Gasteiger partial charge in [0, 0.05) is 24.6 Å². The maximum absolute atomic E-state index is 9.94. The fraction of sp³-hybridized carbons (Fsp3) is 0.357. The number of aliphatic hydroxyl groups is 1. The number of nitrogens with one attached hydrogen (secondary N) is 1. The standard InChI is InChI=1S/C14H19N3O/c1-11-5-3-6-12(2)14(11)15-9-13(18)10-17-8-4-7-16-17/h3-8,13,15,18H,9-10H2,1-2H3. The fourth-order valence-electron chi connectivity index (χ4n) is 2.00. The van der Waals surface area contributed by atoms with Crippen molar-refractivity contribution in [3.8, 4) is 0 Å². The summed E-state index contributed by atoms with van der Waals surface area (Å²) in [4.78, 5) is 0. The van der Waals surface area contributed by atoms with Gasteiger partial charge in [-0.3, -0.25) is 4.68 Å². The molecule has 1 aromatic heterocycles. The Morgan fingerprint density at radius 2 is 2.00 bits per heavy atom. The molecule has 0 saturated heterocycles. The van der Waals surface area contributed by atoms with Crippen LogP contribution in [0.15, 0.2) is 36.7 Å². The largest absolute Gasteiger partial charge is 0.389 e. The average Bonchev–Trinajstić information content (AvgIpc) is 2.81. The van der Waals surface area contributed by atoms with Gasteiger partial charge in [0.15, 0.2) is 0 Å². The SMILES string of the molecule is Cc1cccc(C)c1NCC(O)Cn1cccn1. The van der Waals surface area contributed by atoms with E-state index in [-0.39, 0.29) is 0 Å². The molecule has 0 amide bonds. The molecule has 0 aliphatic heterocycles. The summed E-state index contributed by atoms with van der Waals surface area (Å²) in [6.07, 6.45) is 3.11. The maximum Gasteiger partial charge on any atom is 0.0907 e. The third-order valence-corrected chi connectivity index (χ3v) is 2.95. The van der Waals surface area contributed by atoms with Gasteiger partial charge in [-0.1, -0.05) is 18.2 Å². The topological polar surface area (TPSA) is 50.1 Å². The molecule has 1 heterocycles. The van der Waals surface area contributed by atoms with Crippen molar-refractivity contribution in [1.29, 1.82) is 0 Å². The van der Waals surface area contributed by atoms with Crippen LogP contribution in [0.3, 0.4) is 0 Å². The van der Waals surface area contributed by atoms with Crippen LogP contribution in [0.2, 0.25) is 0 Å². The highest BCUT2D eigenvalue weighted by molar-refractivity contribution is 5.56. The molecule has 1 unspecified atom stereocenters. The average molecular weight is 245 g/mol. The van der Waals surface area contributed by atoms with Gasteiger partial charge < -0.3 is 10.4 Å². The third-order valence-electron chi connectivity index (χ3n) is 2.95. The lowest BCUT2D eigenvalue weighted by molar-refractivity contribution is 0.161. The summed E-state index contributed by atoms with van der Waals surface area (Å²) < 4.78 is 1.73. The van der Waals surface area contributed by atoms with E-state index in [9.17, 15) is 5.11 Å². The smallest absolute Gasteiger partial charge is 0.0907 e. The van der Waals surface area contributed by atoms with Crippen LogP contribution in [-0.4, -0.2) is 27.5 Å². The first kappa shape index (κ1) is 12.6. The summed E-state index contributed by atoms with van der Waals surface area (Å²) in [5, 5.41) is 17.3. The van der Waals surface area contributed by atoms with Crippen LogP contribution in [0.4, 0.5) is 5.69 Å². The van der Waals surface area contributed by atoms with Gasteiger partial charge in [0.05, 0.1) is 12.6 Å². The van der Waals surface area contributed by atoms with E-state index in [1.807, 2.05) is 18.3 Å². The molecule has 2 rings (SSSR count). The first-order valence-electron chi connectivity index (χ1n) is 6.12. The van der Waals surface area contributed by atoms with Crippen molar-refractivity contribution in [2.24, 2.45) is 0 Å². The molecule has 0 spiro atoms. The van der Waals surface area contributed by atoms with E-state index >= 15 is 0 Å². The van der Waals surface area contributed by atoms with Crippen LogP contribution in [0.1, 0.15) is 11.1 Å². The lowest BCUT2D eigenvalue weighted by Gasteiger charge is -2.16. The molecule has 0 aliphatic carbocycles. The summed E-state index contributed by atoms with van der Waals surface area (Å²) in [6, 6.07) is 8.02. The summed E-state index contributed by atoms with van der Waals surface area (Å²) in [5.74, 6) is 0. The minimum Gasteiger partial charge on any atom is -0.389 e. The van der Waals surface area contributed by atoms with Crippen molar-refractivity contribution in [3.05, 3.63) is 47.8 Å². The summed E-state index contributed by atoms with van der Waals surface area (Å²) in [6.45, 7) is 5.15. The maximum atomic E-state index is 9.94. The molecule has 0 bridgehead atoms. The van der Waals surface area contributed by atoms with Gasteiger partial charge in [-0.2, -0.15) is 5.10 Å². The molecule has 2 aromatic rings. The molecule has 0 radical (unpaired) electrons. The summed E-state index contributed by atoms with van der Waals surface area (Å²) >= 11 is 0. The van der Waals surface area contributed by atoms with E-state index < -0.39 is 6.10 Å². The number of nitrogens with zero attached hydrogens (tertiary/aromatic N) is 2. The van der Waals surface area contributed by atoms with E-state index in [4.69, 9.17) is 0 Å². The van der Waals surface area contributed by atoms with Crippen LogP contribution >= 0.6 is 0 Å². The monoisotopic (exact) mass is 245 g/mol. The third kappa shape index (κ3) is 3.11. The molecule has 2 N–H and O–H groups in total. The fourth-order valence-corrected chi connectivity index (χ4v) is 2.00. The lowest BCUT2D eigenvalue weighted by atomic mass is 10.1. The predicted molar refractivity (Wildman–Crippen MR) is 72.6 cm³/mol. The highest BCUT2D eigenvalue weighted by atomic mass is 16.3. The van der Waals surface area contributed by atoms with Gasteiger partial charge in [-0.15, -0.1) is 0 Å². The van der Waals surface area contributed by atoms with E-state index in [1.165, 1.54) is 11.1 Å². The van der Waals surface area contributed by atoms with Gasteiger partial charge in [0.1, 0.15) is 0 Å². The Balaban J connectivity index is 1.91. The molecule has 0 saturated carbocycles. The number of anilines is 1. The Morgan fingerprint density at radius 1 is 1.28 bits per heavy atom. The van der Waals surface area contributed by atoms with Crippen LogP contribution in [0.5, 0.6) is 0 Å². The molecule has 18 heavy (non-hydrogen) atoms. The van der Waals surface area contributed by atoms with Gasteiger partial charge >= 0.3 is 0 Å². The molecule has 4 heteroatoms. The number of aromatic nitrogens is 2. The Labute approximate surface area is 107 Å². The van der Waals surface area contributed by atoms with E-state index in [0.717, 1.165) is 5.69 Å². The Morgan fingerprint density at radius 3 is 2.61 bits per heavy atom. The zero-order chi connectivity index (χ0) is 13.0. The Kier molecular flexibility index (Phi) is 3.99. The van der Waals surface area contributed by atoms with Gasteiger partial charge in [-0.05, 0) is 31.0 Å². The highest BCUT2D eigenvalue weighted by Crippen LogP contribution is 2.19. The summed E-state index contributed by atoms with van der Waals surface area (Å²) in [5.41, 5.74) is 3.50. The molecule has 0 aliphatic rings. The van der Waals surface area contributed by atoms with Crippen LogP contribution in [0.25, 0.3) is 0 Å². The number of para-hydroxylation sites is 1. The molecule has 96 valence electrons. The van der Waals surface area contributed by atoms with Crippen molar-refractivity contribution < 1.29 is 5.11 Å². The first-order valence-corrected chi connectivity index (χ1v) is 6.12. The lowest BCUT2D eigenvalue weighted by Crippen LogP contribution is -2.25. The van der Waals surface area contributed by atoms with Crippen molar-refractivity contribution in [2.45, 2.75) is 26.5 Å². The van der Waals surface area contributed by atoms with Crippen LogP contribution in [0, 0.1) is 13.8 Å². The Bertz CT molecular complexity index is 473. The molecule has 1 atom stereocenters. The number of benzene rings is 1. The van der Waals surface area contributed by atoms with Crippen LogP contribution in [-0.2, 0) is 6.54 Å². The highest BCUT2D eigenvalue weighted by Gasteiger charge is 2.07. The number of hydrogen-bond donors (Lipinski definition) is 2. The molecule has 4 nitrogen and oxygen atoms in total. The second-order valence-electron chi connectivity index (χ2n) is 4.53. The predicted octanol–water partition coefficient (Wildman–Crippen LogP) is 1.97. The Hall–Kier alpha value is -1.81. The van der Waals surface area contributed by atoms with Crippen molar-refractivity contribution >= 4 is 5.69 Å². The van der Waals surface area contributed by atoms with Gasteiger partial charge in [0.25, 0.3) is 0 Å². The number of aryl methyl sites for hydroxylation is 2. The zero-order valence-electron chi connectivity index (χ0n) is 10.8. The first-order chi connectivity index (χ1) is 8.66. The summed E-state index contributed by atoms with van der Waals surface area (Å²) in [7, 11) is 0. The molecule has 0 fully saturated rings. The van der Waals surface area contributed by atoms with E-state index in [2.05, 4.69) is 36.4 Å². The number of rotatable bonds is 5. The quantitative estimate of drug-likeness (QED) is 0.846. The van der Waals surface area contributed by atoms with Crippen molar-refractivity contribution in [2.75, 3.05) is 11.9 Å². The normalized spacial score (nSPS) is 12.4. The second kappa shape index (κ2) is 5.69. The van der Waals surface area contributed by atoms with Crippen molar-refractivity contribution in [1.82, 2.24) is 9.78 Å². The minimum atomic E-state index is -0.455. The zero-order valence-corrected chi connectivity index (χ0v) is 10.8. The number of aliphatic hydroxyl groups excluding tert-OH is 1. The molecule has 1 aromatic carbocycles. The van der Waals surface area contributed by atoms with Gasteiger partial charge in [-0.25, -0.2) is 0 Å². The second-order valence-corrected chi connectivity index (χ2v) is 4.53. The van der Waals surface area contributed by atoms with E-state index in [1.54, 1.807) is 10.9 Å². The van der Waals surface area contributed by atoms with Gasteiger partial charge in [0.2, 0.25) is 0 Å². The van der Waals surface area contributed by atoms with E-state index in [0.29, 0.717) is 13.1 Å². The molecular weight excluding hydrogens is 226 g/mol. The minimum absolute atomic E-state index is 0.455.